The Morgan fingerprint density at radius 1 is 1.38 bits per heavy atom. The third kappa shape index (κ3) is 4.87. The second-order valence-corrected chi connectivity index (χ2v) is 6.09. The van der Waals surface area contributed by atoms with Crippen LogP contribution in [0, 0.1) is 0 Å². The number of hydrogen-bond acceptors (Lipinski definition) is 3. The van der Waals surface area contributed by atoms with Gasteiger partial charge in [0, 0.05) is 29.7 Å². The summed E-state index contributed by atoms with van der Waals surface area (Å²) in [6.07, 6.45) is 3.64. The van der Waals surface area contributed by atoms with Crippen LogP contribution >= 0.6 is 11.6 Å². The van der Waals surface area contributed by atoms with E-state index in [1.165, 1.54) is 19.4 Å². The fourth-order valence-corrected chi connectivity index (χ4v) is 3.15. The van der Waals surface area contributed by atoms with Crippen molar-refractivity contribution >= 4 is 11.6 Å². The minimum Gasteiger partial charge on any atom is -0.493 e. The average molecular weight is 311 g/mol. The molecule has 1 aliphatic rings. The summed E-state index contributed by atoms with van der Waals surface area (Å²) >= 11 is 6.11. The van der Waals surface area contributed by atoms with E-state index in [9.17, 15) is 0 Å². The number of likely N-dealkylation sites (tertiary alicyclic amines) is 1. The van der Waals surface area contributed by atoms with Gasteiger partial charge in [-0.05, 0) is 50.6 Å². The van der Waals surface area contributed by atoms with Crippen molar-refractivity contribution in [1.82, 2.24) is 10.2 Å². The number of nitrogens with one attached hydrogen (secondary N) is 1. The smallest absolute Gasteiger partial charge is 0.123 e. The Bertz CT molecular complexity index is 439. The zero-order valence-corrected chi connectivity index (χ0v) is 14.0. The first-order valence-electron chi connectivity index (χ1n) is 8.10. The fourth-order valence-electron chi connectivity index (χ4n) is 2.96. The van der Waals surface area contributed by atoms with Crippen LogP contribution in [0.15, 0.2) is 18.2 Å². The zero-order chi connectivity index (χ0) is 15.1. The molecule has 0 saturated carbocycles. The third-order valence-corrected chi connectivity index (χ3v) is 4.32. The van der Waals surface area contributed by atoms with Gasteiger partial charge in [-0.15, -0.1) is 0 Å². The number of hydrogen-bond donors (Lipinski definition) is 1. The Morgan fingerprint density at radius 2 is 2.24 bits per heavy atom. The van der Waals surface area contributed by atoms with Gasteiger partial charge in [0.25, 0.3) is 0 Å². The number of likely N-dealkylation sites (N-methyl/N-ethyl adjacent to an activating group) is 1. The van der Waals surface area contributed by atoms with E-state index >= 15 is 0 Å². The number of nitrogens with zero attached hydrogens (tertiary/aromatic N) is 1. The highest BCUT2D eigenvalue weighted by Gasteiger charge is 2.22. The number of benzene rings is 1. The van der Waals surface area contributed by atoms with E-state index in [4.69, 9.17) is 16.3 Å². The van der Waals surface area contributed by atoms with Gasteiger partial charge in [-0.1, -0.05) is 25.4 Å². The highest BCUT2D eigenvalue weighted by atomic mass is 35.5. The van der Waals surface area contributed by atoms with Gasteiger partial charge >= 0.3 is 0 Å². The summed E-state index contributed by atoms with van der Waals surface area (Å²) < 4.78 is 5.80. The second kappa shape index (κ2) is 8.62. The van der Waals surface area contributed by atoms with Crippen molar-refractivity contribution in [2.45, 2.75) is 45.7 Å². The van der Waals surface area contributed by atoms with Crippen LogP contribution in [0.2, 0.25) is 5.02 Å². The summed E-state index contributed by atoms with van der Waals surface area (Å²) in [7, 11) is 0. The summed E-state index contributed by atoms with van der Waals surface area (Å²) in [5.41, 5.74) is 1.15. The Hall–Kier alpha value is -0.770. The van der Waals surface area contributed by atoms with Crippen molar-refractivity contribution in [3.63, 3.8) is 0 Å². The minimum absolute atomic E-state index is 0.675. The minimum atomic E-state index is 0.675. The molecule has 0 bridgehead atoms. The van der Waals surface area contributed by atoms with Gasteiger partial charge in [-0.2, -0.15) is 0 Å². The fraction of sp³-hybridized carbons (Fsp3) is 0.647. The molecule has 1 fully saturated rings. The van der Waals surface area contributed by atoms with Crippen LogP contribution in [0.5, 0.6) is 5.75 Å². The Kier molecular flexibility index (Phi) is 6.81. The number of halogens is 1. The number of rotatable bonds is 8. The van der Waals surface area contributed by atoms with Gasteiger partial charge < -0.3 is 10.1 Å². The molecule has 1 aromatic rings. The predicted molar refractivity (Wildman–Crippen MR) is 89.2 cm³/mol. The lowest BCUT2D eigenvalue weighted by Gasteiger charge is -2.23. The molecule has 1 heterocycles. The first-order chi connectivity index (χ1) is 10.2. The summed E-state index contributed by atoms with van der Waals surface area (Å²) in [4.78, 5) is 2.56. The summed E-state index contributed by atoms with van der Waals surface area (Å²) in [5.74, 6) is 0.951. The van der Waals surface area contributed by atoms with Crippen LogP contribution in [0.4, 0.5) is 0 Å². The van der Waals surface area contributed by atoms with Crippen molar-refractivity contribution in [3.8, 4) is 5.75 Å². The van der Waals surface area contributed by atoms with Gasteiger partial charge in [-0.25, -0.2) is 0 Å². The van der Waals surface area contributed by atoms with Crippen molar-refractivity contribution in [1.29, 1.82) is 0 Å². The van der Waals surface area contributed by atoms with Gasteiger partial charge in [0.05, 0.1) is 6.61 Å². The molecule has 1 atom stereocenters. The van der Waals surface area contributed by atoms with E-state index in [-0.39, 0.29) is 0 Å². The maximum absolute atomic E-state index is 6.11. The van der Waals surface area contributed by atoms with E-state index in [2.05, 4.69) is 24.1 Å². The molecule has 118 valence electrons. The highest BCUT2D eigenvalue weighted by molar-refractivity contribution is 6.30. The van der Waals surface area contributed by atoms with Crippen molar-refractivity contribution < 1.29 is 4.74 Å². The molecule has 0 aromatic heterocycles. The monoisotopic (exact) mass is 310 g/mol. The molecule has 0 radical (unpaired) electrons. The third-order valence-electron chi connectivity index (χ3n) is 4.08. The highest BCUT2D eigenvalue weighted by Crippen LogP contribution is 2.23. The first-order valence-corrected chi connectivity index (χ1v) is 8.48. The van der Waals surface area contributed by atoms with Crippen molar-refractivity contribution in [2.24, 2.45) is 0 Å². The summed E-state index contributed by atoms with van der Waals surface area (Å²) in [6.45, 7) is 9.35. The molecule has 0 aliphatic carbocycles. The molecular weight excluding hydrogens is 284 g/mol. The van der Waals surface area contributed by atoms with Crippen LogP contribution in [0.3, 0.4) is 0 Å². The zero-order valence-electron chi connectivity index (χ0n) is 13.2. The normalized spacial score (nSPS) is 19.1. The first kappa shape index (κ1) is 16.6. The largest absolute Gasteiger partial charge is 0.493 e. The predicted octanol–water partition coefficient (Wildman–Crippen LogP) is 3.70. The molecule has 0 unspecified atom stereocenters. The molecule has 1 aliphatic heterocycles. The van der Waals surface area contributed by atoms with Crippen LogP contribution in [0.25, 0.3) is 0 Å². The lowest BCUT2D eigenvalue weighted by atomic mass is 10.1. The van der Waals surface area contributed by atoms with Crippen LogP contribution in [0.1, 0.15) is 38.7 Å². The van der Waals surface area contributed by atoms with Crippen molar-refractivity contribution in [2.75, 3.05) is 26.2 Å². The second-order valence-electron chi connectivity index (χ2n) is 5.66. The van der Waals surface area contributed by atoms with Crippen molar-refractivity contribution in [3.05, 3.63) is 28.8 Å². The molecule has 0 amide bonds. The Labute approximate surface area is 133 Å². The molecule has 4 heteroatoms. The maximum Gasteiger partial charge on any atom is 0.123 e. The topological polar surface area (TPSA) is 24.5 Å². The molecule has 3 nitrogen and oxygen atoms in total. The SMILES string of the molecule is CCCOc1ccc(Cl)cc1CNC[C@H]1CCCN1CC. The lowest BCUT2D eigenvalue weighted by molar-refractivity contribution is 0.259. The lowest BCUT2D eigenvalue weighted by Crippen LogP contribution is -2.37. The van der Waals surface area contributed by atoms with Gasteiger partial charge in [0.1, 0.15) is 5.75 Å². The molecular formula is C17H27ClN2O. The molecule has 1 saturated heterocycles. The van der Waals surface area contributed by atoms with Gasteiger partial charge in [0.2, 0.25) is 0 Å². The maximum atomic E-state index is 6.11. The van der Waals surface area contributed by atoms with Gasteiger partial charge in [0.15, 0.2) is 0 Å². The summed E-state index contributed by atoms with van der Waals surface area (Å²) in [5, 5.41) is 4.34. The molecule has 21 heavy (non-hydrogen) atoms. The van der Waals surface area contributed by atoms with Crippen LogP contribution in [-0.4, -0.2) is 37.2 Å². The molecule has 1 aromatic carbocycles. The van der Waals surface area contributed by atoms with E-state index in [0.29, 0.717) is 6.04 Å². The molecule has 1 N–H and O–H groups in total. The van der Waals surface area contributed by atoms with Gasteiger partial charge in [-0.3, -0.25) is 4.90 Å². The quantitative estimate of drug-likeness (QED) is 0.792. The van der Waals surface area contributed by atoms with Crippen LogP contribution in [-0.2, 0) is 6.54 Å². The average Bonchev–Trinajstić information content (AvgIpc) is 2.94. The molecule has 0 spiro atoms. The Morgan fingerprint density at radius 3 is 3.00 bits per heavy atom. The van der Waals surface area contributed by atoms with Crippen LogP contribution < -0.4 is 10.1 Å². The number of ether oxygens (including phenoxy) is 1. The summed E-state index contributed by atoms with van der Waals surface area (Å²) in [6, 6.07) is 6.55. The Balaban J connectivity index is 1.88. The molecule has 2 rings (SSSR count). The van der Waals surface area contributed by atoms with E-state index < -0.39 is 0 Å². The van der Waals surface area contributed by atoms with E-state index in [1.807, 2.05) is 18.2 Å². The van der Waals surface area contributed by atoms with E-state index in [0.717, 1.165) is 49.0 Å². The standard InChI is InChI=1S/C17H27ClN2O/c1-3-10-21-17-8-7-15(18)11-14(17)12-19-13-16-6-5-9-20(16)4-2/h7-8,11,16,19H,3-6,9-10,12-13H2,1-2H3/t16-/m1/s1. The van der Waals surface area contributed by atoms with E-state index in [1.54, 1.807) is 0 Å².